The highest BCUT2D eigenvalue weighted by Gasteiger charge is 2.22. The van der Waals surface area contributed by atoms with E-state index in [4.69, 9.17) is 9.47 Å². The first-order chi connectivity index (χ1) is 10.1. The zero-order chi connectivity index (χ0) is 15.4. The summed E-state index contributed by atoms with van der Waals surface area (Å²) in [6.07, 6.45) is 0. The van der Waals surface area contributed by atoms with Gasteiger partial charge in [0.2, 0.25) is 0 Å². The molecule has 1 aromatic heterocycles. The molecule has 8 heteroatoms. The van der Waals surface area contributed by atoms with Gasteiger partial charge in [-0.05, 0) is 41.9 Å². The highest BCUT2D eigenvalue weighted by Crippen LogP contribution is 2.38. The average molecular weight is 356 g/mol. The molecule has 2 rings (SSSR count). The van der Waals surface area contributed by atoms with Gasteiger partial charge in [-0.2, -0.15) is 10.3 Å². The minimum absolute atomic E-state index is 0.00588. The number of carbonyl (C=O) groups excluding carboxylic acids is 1. The quantitative estimate of drug-likeness (QED) is 0.799. The summed E-state index contributed by atoms with van der Waals surface area (Å²) in [7, 11) is 0. The standard InChI is InChI=1S/C13H14BrN3O4/c1-3-20-10-5-7(8(14)6-9(10)18)11-12(16-17-15-11)13(19)21-4-2/h5-6,18H,3-4H2,1-2H3,(H,15,16,17). The number of aromatic hydroxyl groups is 1. The summed E-state index contributed by atoms with van der Waals surface area (Å²) < 4.78 is 10.8. The van der Waals surface area contributed by atoms with Crippen LogP contribution in [0.15, 0.2) is 16.6 Å². The van der Waals surface area contributed by atoms with Gasteiger partial charge in [-0.15, -0.1) is 5.10 Å². The van der Waals surface area contributed by atoms with Gasteiger partial charge in [-0.1, -0.05) is 0 Å². The Kier molecular flexibility index (Phi) is 4.79. The van der Waals surface area contributed by atoms with Crippen molar-refractivity contribution in [2.75, 3.05) is 13.2 Å². The van der Waals surface area contributed by atoms with Crippen molar-refractivity contribution in [1.29, 1.82) is 0 Å². The van der Waals surface area contributed by atoms with Gasteiger partial charge >= 0.3 is 5.97 Å². The summed E-state index contributed by atoms with van der Waals surface area (Å²) in [6, 6.07) is 3.06. The Hall–Kier alpha value is -2.09. The average Bonchev–Trinajstić information content (AvgIpc) is 2.91. The Morgan fingerprint density at radius 1 is 1.33 bits per heavy atom. The van der Waals surface area contributed by atoms with Crippen LogP contribution in [0.4, 0.5) is 0 Å². The highest BCUT2D eigenvalue weighted by atomic mass is 79.9. The predicted octanol–water partition coefficient (Wildman–Crippen LogP) is 2.52. The number of hydrogen-bond acceptors (Lipinski definition) is 6. The molecule has 0 aliphatic rings. The zero-order valence-corrected chi connectivity index (χ0v) is 13.1. The molecule has 0 radical (unpaired) electrons. The normalized spacial score (nSPS) is 10.4. The van der Waals surface area contributed by atoms with E-state index in [9.17, 15) is 9.90 Å². The Bertz CT molecular complexity index is 657. The van der Waals surface area contributed by atoms with Crippen molar-refractivity contribution >= 4 is 21.9 Å². The number of esters is 1. The second-order valence-electron chi connectivity index (χ2n) is 3.97. The second kappa shape index (κ2) is 6.57. The summed E-state index contributed by atoms with van der Waals surface area (Å²) in [5.41, 5.74) is 0.958. The lowest BCUT2D eigenvalue weighted by molar-refractivity contribution is 0.0520. The molecule has 0 bridgehead atoms. The predicted molar refractivity (Wildman–Crippen MR) is 78.3 cm³/mol. The van der Waals surface area contributed by atoms with Crippen LogP contribution < -0.4 is 4.74 Å². The molecule has 112 valence electrons. The van der Waals surface area contributed by atoms with E-state index >= 15 is 0 Å². The lowest BCUT2D eigenvalue weighted by atomic mass is 10.1. The van der Waals surface area contributed by atoms with Crippen LogP contribution in [0.5, 0.6) is 11.5 Å². The smallest absolute Gasteiger partial charge is 0.361 e. The van der Waals surface area contributed by atoms with Crippen molar-refractivity contribution in [1.82, 2.24) is 15.4 Å². The van der Waals surface area contributed by atoms with Crippen LogP contribution in [0, 0.1) is 0 Å². The van der Waals surface area contributed by atoms with Crippen LogP contribution in [-0.2, 0) is 4.74 Å². The Morgan fingerprint density at radius 3 is 2.76 bits per heavy atom. The van der Waals surface area contributed by atoms with Crippen molar-refractivity contribution in [3.05, 3.63) is 22.3 Å². The topological polar surface area (TPSA) is 97.3 Å². The second-order valence-corrected chi connectivity index (χ2v) is 4.83. The Balaban J connectivity index is 2.49. The van der Waals surface area contributed by atoms with Crippen LogP contribution in [-0.4, -0.2) is 39.7 Å². The molecule has 2 N–H and O–H groups in total. The third-order valence-electron chi connectivity index (χ3n) is 2.62. The fraction of sp³-hybridized carbons (Fsp3) is 0.308. The molecule has 0 saturated carbocycles. The molecule has 0 fully saturated rings. The largest absolute Gasteiger partial charge is 0.504 e. The number of ether oxygens (including phenoxy) is 2. The van der Waals surface area contributed by atoms with Crippen LogP contribution in [0.3, 0.4) is 0 Å². The molecule has 0 unspecified atom stereocenters. The van der Waals surface area contributed by atoms with Gasteiger partial charge < -0.3 is 14.6 Å². The molecule has 0 aliphatic heterocycles. The fourth-order valence-electron chi connectivity index (χ4n) is 1.76. The number of rotatable bonds is 5. The Labute approximate surface area is 129 Å². The van der Waals surface area contributed by atoms with E-state index < -0.39 is 5.97 Å². The number of carbonyl (C=O) groups is 1. The fourth-order valence-corrected chi connectivity index (χ4v) is 2.28. The maximum atomic E-state index is 11.8. The maximum Gasteiger partial charge on any atom is 0.361 e. The lowest BCUT2D eigenvalue weighted by Crippen LogP contribution is -2.07. The van der Waals surface area contributed by atoms with Gasteiger partial charge in [-0.25, -0.2) is 4.79 Å². The molecule has 1 aromatic carbocycles. The summed E-state index contributed by atoms with van der Waals surface area (Å²) in [5.74, 6) is -0.277. The number of halogens is 1. The van der Waals surface area contributed by atoms with Crippen LogP contribution in [0.1, 0.15) is 24.3 Å². The van der Waals surface area contributed by atoms with Crippen molar-refractivity contribution in [2.24, 2.45) is 0 Å². The molecule has 2 aromatic rings. The minimum Gasteiger partial charge on any atom is -0.504 e. The van der Waals surface area contributed by atoms with Gasteiger partial charge in [0.25, 0.3) is 0 Å². The number of nitrogens with zero attached hydrogens (tertiary/aromatic N) is 2. The van der Waals surface area contributed by atoms with Gasteiger partial charge in [0.05, 0.1) is 13.2 Å². The van der Waals surface area contributed by atoms with E-state index in [1.807, 2.05) is 0 Å². The molecule has 7 nitrogen and oxygen atoms in total. The van der Waals surface area contributed by atoms with E-state index in [1.54, 1.807) is 19.9 Å². The molecule has 0 atom stereocenters. The van der Waals surface area contributed by atoms with Crippen LogP contribution >= 0.6 is 15.9 Å². The first-order valence-electron chi connectivity index (χ1n) is 6.32. The molecule has 21 heavy (non-hydrogen) atoms. The van der Waals surface area contributed by atoms with Gasteiger partial charge in [0.15, 0.2) is 17.2 Å². The van der Waals surface area contributed by atoms with E-state index in [0.717, 1.165) is 0 Å². The van der Waals surface area contributed by atoms with Crippen LogP contribution in [0.25, 0.3) is 11.3 Å². The summed E-state index contributed by atoms with van der Waals surface area (Å²) >= 11 is 3.33. The first kappa shape index (κ1) is 15.3. The molecule has 0 amide bonds. The molecular formula is C13H14BrN3O4. The van der Waals surface area contributed by atoms with Gasteiger partial charge in [0.1, 0.15) is 5.69 Å². The lowest BCUT2D eigenvalue weighted by Gasteiger charge is -2.09. The monoisotopic (exact) mass is 355 g/mol. The van der Waals surface area contributed by atoms with E-state index in [-0.39, 0.29) is 18.1 Å². The number of phenolic OH excluding ortho intramolecular Hbond substituents is 1. The van der Waals surface area contributed by atoms with E-state index in [0.29, 0.717) is 28.1 Å². The van der Waals surface area contributed by atoms with Gasteiger partial charge in [0, 0.05) is 10.0 Å². The molecule has 0 aliphatic carbocycles. The van der Waals surface area contributed by atoms with Crippen LogP contribution in [0.2, 0.25) is 0 Å². The Morgan fingerprint density at radius 2 is 2.10 bits per heavy atom. The molecule has 0 spiro atoms. The molecular weight excluding hydrogens is 342 g/mol. The third kappa shape index (κ3) is 3.15. The van der Waals surface area contributed by atoms with Crippen molar-refractivity contribution in [3.63, 3.8) is 0 Å². The summed E-state index contributed by atoms with van der Waals surface area (Å²) in [5, 5.41) is 20.0. The number of phenols is 1. The molecule has 0 saturated heterocycles. The minimum atomic E-state index is -0.570. The van der Waals surface area contributed by atoms with E-state index in [1.165, 1.54) is 6.07 Å². The number of aromatic amines is 1. The zero-order valence-electron chi connectivity index (χ0n) is 11.5. The van der Waals surface area contributed by atoms with Crippen molar-refractivity contribution < 1.29 is 19.4 Å². The first-order valence-corrected chi connectivity index (χ1v) is 7.11. The number of benzene rings is 1. The third-order valence-corrected chi connectivity index (χ3v) is 3.28. The summed E-state index contributed by atoms with van der Waals surface area (Å²) in [4.78, 5) is 11.8. The van der Waals surface area contributed by atoms with Crippen molar-refractivity contribution in [3.8, 4) is 22.8 Å². The highest BCUT2D eigenvalue weighted by molar-refractivity contribution is 9.10. The van der Waals surface area contributed by atoms with Gasteiger partial charge in [-0.3, -0.25) is 0 Å². The number of H-pyrrole nitrogens is 1. The number of hydrogen-bond donors (Lipinski definition) is 2. The maximum absolute atomic E-state index is 11.8. The summed E-state index contributed by atoms with van der Waals surface area (Å²) in [6.45, 7) is 4.16. The van der Waals surface area contributed by atoms with Crippen molar-refractivity contribution in [2.45, 2.75) is 13.8 Å². The molecule has 1 heterocycles. The van der Waals surface area contributed by atoms with E-state index in [2.05, 4.69) is 31.3 Å². The SMILES string of the molecule is CCOC(=O)c1n[nH]nc1-c1cc(OCC)c(O)cc1Br. The number of aromatic nitrogens is 3. The number of nitrogens with one attached hydrogen (secondary N) is 1.